The van der Waals surface area contributed by atoms with Crippen LogP contribution in [0.3, 0.4) is 0 Å². The van der Waals surface area contributed by atoms with E-state index in [2.05, 4.69) is 28.0 Å². The van der Waals surface area contributed by atoms with Crippen LogP contribution in [0.5, 0.6) is 0 Å². The maximum absolute atomic E-state index is 12.3. The van der Waals surface area contributed by atoms with Crippen molar-refractivity contribution in [3.8, 4) is 21.8 Å². The Morgan fingerprint density at radius 3 is 2.48 bits per heavy atom. The minimum Gasteiger partial charge on any atom is -0.361 e. The van der Waals surface area contributed by atoms with Gasteiger partial charge in [-0.25, -0.2) is 4.98 Å². The van der Waals surface area contributed by atoms with Gasteiger partial charge in [-0.15, -0.1) is 11.3 Å². The Morgan fingerprint density at radius 1 is 1.03 bits per heavy atom. The second-order valence-electron chi connectivity index (χ2n) is 6.83. The number of nitrogens with zero attached hydrogens (tertiary/aromatic N) is 2. The number of aryl methyl sites for hydroxylation is 2. The van der Waals surface area contributed by atoms with Gasteiger partial charge in [-0.05, 0) is 32.4 Å². The van der Waals surface area contributed by atoms with Crippen LogP contribution in [-0.2, 0) is 11.2 Å². The van der Waals surface area contributed by atoms with E-state index in [-0.39, 0.29) is 5.91 Å². The highest BCUT2D eigenvalue weighted by Gasteiger charge is 2.12. The van der Waals surface area contributed by atoms with Crippen LogP contribution in [0.15, 0.2) is 64.5 Å². The monoisotopic (exact) mass is 403 g/mol. The van der Waals surface area contributed by atoms with Crippen molar-refractivity contribution < 1.29 is 9.32 Å². The van der Waals surface area contributed by atoms with Crippen LogP contribution in [0.25, 0.3) is 21.8 Å². The molecule has 0 radical (unpaired) electrons. The highest BCUT2D eigenvalue weighted by atomic mass is 32.1. The van der Waals surface area contributed by atoms with Crippen molar-refractivity contribution in [2.24, 2.45) is 0 Å². The predicted octanol–water partition coefficient (Wildman–Crippen LogP) is 5.65. The van der Waals surface area contributed by atoms with E-state index in [1.165, 1.54) is 0 Å². The van der Waals surface area contributed by atoms with E-state index in [0.29, 0.717) is 12.8 Å². The zero-order valence-electron chi connectivity index (χ0n) is 16.3. The number of amides is 1. The largest absolute Gasteiger partial charge is 0.361 e. The van der Waals surface area contributed by atoms with Crippen LogP contribution < -0.4 is 5.32 Å². The van der Waals surface area contributed by atoms with Gasteiger partial charge >= 0.3 is 0 Å². The summed E-state index contributed by atoms with van der Waals surface area (Å²) in [6.07, 6.45) is 1.00. The van der Waals surface area contributed by atoms with E-state index in [0.717, 1.165) is 44.5 Å². The number of benzene rings is 2. The van der Waals surface area contributed by atoms with Crippen molar-refractivity contribution in [1.82, 2.24) is 10.1 Å². The van der Waals surface area contributed by atoms with E-state index in [4.69, 9.17) is 9.51 Å². The smallest absolute Gasteiger partial charge is 0.224 e. The Labute approximate surface area is 173 Å². The molecule has 0 aliphatic heterocycles. The number of anilines is 1. The zero-order chi connectivity index (χ0) is 20.2. The van der Waals surface area contributed by atoms with Crippen molar-refractivity contribution >= 4 is 22.9 Å². The topological polar surface area (TPSA) is 68.0 Å². The SMILES string of the molecule is Cc1noc(C)c1CCC(=O)Nc1ccc(-c2csc(-c3ccccc3)n2)cc1. The van der Waals surface area contributed by atoms with E-state index in [1.54, 1.807) is 11.3 Å². The van der Waals surface area contributed by atoms with Gasteiger partial charge in [-0.2, -0.15) is 0 Å². The second kappa shape index (κ2) is 8.41. The Balaban J connectivity index is 1.38. The number of carbonyl (C=O) groups is 1. The van der Waals surface area contributed by atoms with E-state index < -0.39 is 0 Å². The normalized spacial score (nSPS) is 10.8. The van der Waals surface area contributed by atoms with Crippen molar-refractivity contribution in [3.05, 3.63) is 77.0 Å². The molecule has 0 saturated heterocycles. The first-order valence-corrected chi connectivity index (χ1v) is 10.3. The highest BCUT2D eigenvalue weighted by molar-refractivity contribution is 7.13. The molecule has 0 atom stereocenters. The zero-order valence-corrected chi connectivity index (χ0v) is 17.1. The third kappa shape index (κ3) is 4.43. The average molecular weight is 404 g/mol. The summed E-state index contributed by atoms with van der Waals surface area (Å²) in [5.74, 6) is 0.746. The lowest BCUT2D eigenvalue weighted by molar-refractivity contribution is -0.116. The summed E-state index contributed by atoms with van der Waals surface area (Å²) < 4.78 is 5.14. The minimum absolute atomic E-state index is 0.0298. The van der Waals surface area contributed by atoms with Crippen molar-refractivity contribution in [1.29, 1.82) is 0 Å². The lowest BCUT2D eigenvalue weighted by Gasteiger charge is -2.06. The molecule has 2 heterocycles. The molecule has 0 aliphatic rings. The first-order valence-electron chi connectivity index (χ1n) is 9.43. The van der Waals surface area contributed by atoms with Gasteiger partial charge in [0.25, 0.3) is 0 Å². The molecule has 4 aromatic rings. The molecule has 2 aromatic carbocycles. The molecule has 146 valence electrons. The molecule has 0 bridgehead atoms. The maximum Gasteiger partial charge on any atom is 0.224 e. The Kier molecular flexibility index (Phi) is 5.53. The number of hydrogen-bond acceptors (Lipinski definition) is 5. The molecular formula is C23H21N3O2S. The maximum atomic E-state index is 12.3. The summed E-state index contributed by atoms with van der Waals surface area (Å²) >= 11 is 1.63. The van der Waals surface area contributed by atoms with Gasteiger partial charge < -0.3 is 9.84 Å². The van der Waals surface area contributed by atoms with Crippen LogP contribution in [0.4, 0.5) is 5.69 Å². The van der Waals surface area contributed by atoms with E-state index in [9.17, 15) is 4.79 Å². The molecule has 0 aliphatic carbocycles. The van der Waals surface area contributed by atoms with Gasteiger partial charge in [-0.3, -0.25) is 4.79 Å². The van der Waals surface area contributed by atoms with E-state index in [1.807, 2.05) is 56.3 Å². The fourth-order valence-electron chi connectivity index (χ4n) is 3.16. The summed E-state index contributed by atoms with van der Waals surface area (Å²) in [4.78, 5) is 17.0. The molecule has 0 unspecified atom stereocenters. The molecule has 5 nitrogen and oxygen atoms in total. The van der Waals surface area contributed by atoms with Gasteiger partial charge in [0.1, 0.15) is 10.8 Å². The summed E-state index contributed by atoms with van der Waals surface area (Å²) in [7, 11) is 0. The molecule has 2 aromatic heterocycles. The molecule has 0 saturated carbocycles. The second-order valence-corrected chi connectivity index (χ2v) is 7.69. The molecule has 1 amide bonds. The molecular weight excluding hydrogens is 382 g/mol. The number of thiazole rings is 1. The Hall–Kier alpha value is -3.25. The minimum atomic E-state index is -0.0298. The molecule has 4 rings (SSSR count). The molecule has 1 N–H and O–H groups in total. The number of nitrogens with one attached hydrogen (secondary N) is 1. The third-order valence-corrected chi connectivity index (χ3v) is 5.66. The van der Waals surface area contributed by atoms with Crippen molar-refractivity contribution in [3.63, 3.8) is 0 Å². The van der Waals surface area contributed by atoms with Crippen molar-refractivity contribution in [2.45, 2.75) is 26.7 Å². The van der Waals surface area contributed by atoms with Gasteiger partial charge in [0.15, 0.2) is 0 Å². The fraction of sp³-hybridized carbons (Fsp3) is 0.174. The quantitative estimate of drug-likeness (QED) is 0.451. The van der Waals surface area contributed by atoms with Gasteiger partial charge in [0.2, 0.25) is 5.91 Å². The number of rotatable bonds is 6. The van der Waals surface area contributed by atoms with Gasteiger partial charge in [0, 0.05) is 34.2 Å². The van der Waals surface area contributed by atoms with Gasteiger partial charge in [-0.1, -0.05) is 47.6 Å². The number of aromatic nitrogens is 2. The Morgan fingerprint density at radius 2 is 1.79 bits per heavy atom. The summed E-state index contributed by atoms with van der Waals surface area (Å²) in [5, 5.41) is 9.92. The van der Waals surface area contributed by atoms with E-state index >= 15 is 0 Å². The van der Waals surface area contributed by atoms with Crippen LogP contribution in [-0.4, -0.2) is 16.0 Å². The summed E-state index contributed by atoms with van der Waals surface area (Å²) in [5.41, 5.74) is 5.70. The van der Waals surface area contributed by atoms with Gasteiger partial charge in [0.05, 0.1) is 11.4 Å². The first-order chi connectivity index (χ1) is 14.1. The molecule has 0 spiro atoms. The van der Waals surface area contributed by atoms with Crippen LogP contribution >= 0.6 is 11.3 Å². The lowest BCUT2D eigenvalue weighted by atomic mass is 10.1. The molecule has 6 heteroatoms. The van der Waals surface area contributed by atoms with Crippen LogP contribution in [0.1, 0.15) is 23.4 Å². The number of carbonyl (C=O) groups excluding carboxylic acids is 1. The molecule has 0 fully saturated rings. The summed E-state index contributed by atoms with van der Waals surface area (Å²) in [6.45, 7) is 3.76. The summed E-state index contributed by atoms with van der Waals surface area (Å²) in [6, 6.07) is 17.9. The predicted molar refractivity (Wildman–Crippen MR) is 116 cm³/mol. The lowest BCUT2D eigenvalue weighted by Crippen LogP contribution is -2.12. The first kappa shape index (κ1) is 19.1. The fourth-order valence-corrected chi connectivity index (χ4v) is 4.00. The Bertz CT molecular complexity index is 1100. The molecule has 29 heavy (non-hydrogen) atoms. The highest BCUT2D eigenvalue weighted by Crippen LogP contribution is 2.29. The van der Waals surface area contributed by atoms with Crippen LogP contribution in [0, 0.1) is 13.8 Å². The van der Waals surface area contributed by atoms with Crippen molar-refractivity contribution in [2.75, 3.05) is 5.32 Å². The number of hydrogen-bond donors (Lipinski definition) is 1. The average Bonchev–Trinajstić information content (AvgIpc) is 3.35. The van der Waals surface area contributed by atoms with Crippen LogP contribution in [0.2, 0.25) is 0 Å². The standard InChI is InChI=1S/C23H21N3O2S/c1-15-20(16(2)28-26-15)12-13-22(27)24-19-10-8-17(9-11-19)21-14-29-23(25-21)18-6-4-3-5-7-18/h3-11,14H,12-13H2,1-2H3,(H,24,27). The third-order valence-electron chi connectivity index (χ3n) is 4.77.